The number of rotatable bonds is 1. The van der Waals surface area contributed by atoms with Crippen LogP contribution in [-0.2, 0) is 10.0 Å². The van der Waals surface area contributed by atoms with Gasteiger partial charge in [0.1, 0.15) is 6.26 Å². The van der Waals surface area contributed by atoms with Gasteiger partial charge in [-0.15, -0.1) is 0 Å². The maximum Gasteiger partial charge on any atom is 0.219 e. The third kappa shape index (κ3) is 2.43. The van der Waals surface area contributed by atoms with Gasteiger partial charge in [0.15, 0.2) is 0 Å². The quantitative estimate of drug-likeness (QED) is 0.527. The van der Waals surface area contributed by atoms with Crippen LogP contribution in [-0.4, -0.2) is 50.8 Å². The highest BCUT2D eigenvalue weighted by molar-refractivity contribution is 7.90. The van der Waals surface area contributed by atoms with Crippen LogP contribution in [0.25, 0.3) is 0 Å². The highest BCUT2D eigenvalue weighted by Gasteiger charge is 2.21. The summed E-state index contributed by atoms with van der Waals surface area (Å²) in [5.74, 6) is 0. The molecule has 0 spiro atoms. The summed E-state index contributed by atoms with van der Waals surface area (Å²) in [5, 5.41) is 0. The van der Waals surface area contributed by atoms with Crippen LogP contribution >= 0.6 is 0 Å². The van der Waals surface area contributed by atoms with E-state index in [1.807, 2.05) is 7.05 Å². The van der Waals surface area contributed by atoms with E-state index in [2.05, 4.69) is 4.90 Å². The topological polar surface area (TPSA) is 40.6 Å². The van der Waals surface area contributed by atoms with Gasteiger partial charge in [-0.3, -0.25) is 0 Å². The predicted molar refractivity (Wildman–Crippen MR) is 42.3 cm³/mol. The largest absolute Gasteiger partial charge is 0.304 e. The van der Waals surface area contributed by atoms with Crippen molar-refractivity contribution >= 4 is 10.0 Å². The van der Waals surface area contributed by atoms with Crippen LogP contribution in [0.1, 0.15) is 0 Å². The zero-order chi connectivity index (χ0) is 8.48. The molecule has 0 unspecified atom stereocenters. The smallest absolute Gasteiger partial charge is 0.219 e. The Bertz CT molecular complexity index is 217. The summed E-state index contributed by atoms with van der Waals surface area (Å²) in [4.78, 5) is 2.07. The number of sulfonamides is 1. The van der Waals surface area contributed by atoms with Crippen LogP contribution in [0.5, 0.6) is 0 Å². The first kappa shape index (κ1) is 8.96. The van der Waals surface area contributed by atoms with Crippen molar-refractivity contribution in [2.24, 2.45) is 0 Å². The van der Waals surface area contributed by atoms with Gasteiger partial charge in [0, 0.05) is 26.2 Å². The maximum absolute atomic E-state index is 10.8. The van der Waals surface area contributed by atoms with Gasteiger partial charge in [-0.2, -0.15) is 4.31 Å². The summed E-state index contributed by atoms with van der Waals surface area (Å²) in [5.41, 5.74) is 0. The third-order valence-electron chi connectivity index (χ3n) is 1.82. The van der Waals surface area contributed by atoms with Gasteiger partial charge in [-0.05, 0) is 7.05 Å². The Hall–Kier alpha value is -0.130. The average molecular weight is 176 g/mol. The van der Waals surface area contributed by atoms with Gasteiger partial charge in [0.25, 0.3) is 0 Å². The van der Waals surface area contributed by atoms with Crippen molar-refractivity contribution in [3.8, 4) is 0 Å². The monoisotopic (exact) mass is 176 g/mol. The molecule has 0 saturated carbocycles. The van der Waals surface area contributed by atoms with Gasteiger partial charge >= 0.3 is 0 Å². The molecule has 5 heteroatoms. The van der Waals surface area contributed by atoms with Gasteiger partial charge in [-0.1, -0.05) is 0 Å². The molecule has 1 aliphatic rings. The summed E-state index contributed by atoms with van der Waals surface area (Å²) >= 11 is 0. The van der Waals surface area contributed by atoms with Crippen LogP contribution in [0, 0.1) is 6.26 Å². The average Bonchev–Trinajstić information content (AvgIpc) is 1.86. The number of hydrogen-bond donors (Lipinski definition) is 0. The molecule has 0 aromatic rings. The van der Waals surface area contributed by atoms with Crippen LogP contribution < -0.4 is 0 Å². The number of nitrogens with zero attached hydrogens (tertiary/aromatic N) is 2. The molecule has 0 aliphatic carbocycles. The maximum atomic E-state index is 10.8. The lowest BCUT2D eigenvalue weighted by Crippen LogP contribution is -2.46. The molecule has 0 aromatic carbocycles. The van der Waals surface area contributed by atoms with E-state index in [0.717, 1.165) is 13.1 Å². The Morgan fingerprint density at radius 2 is 1.64 bits per heavy atom. The Kier molecular flexibility index (Phi) is 2.51. The normalized spacial score (nSPS) is 23.8. The van der Waals surface area contributed by atoms with E-state index in [1.54, 1.807) is 0 Å². The van der Waals surface area contributed by atoms with Crippen molar-refractivity contribution in [2.75, 3.05) is 33.2 Å². The molecule has 0 amide bonds. The first-order chi connectivity index (χ1) is 5.00. The first-order valence-electron chi connectivity index (χ1n) is 3.46. The molecule has 1 heterocycles. The summed E-state index contributed by atoms with van der Waals surface area (Å²) < 4.78 is 22.9. The van der Waals surface area contributed by atoms with E-state index in [1.165, 1.54) is 4.31 Å². The minimum absolute atomic E-state index is 0.509. The van der Waals surface area contributed by atoms with Crippen molar-refractivity contribution < 1.29 is 8.42 Å². The van der Waals surface area contributed by atoms with Gasteiger partial charge < -0.3 is 4.90 Å². The Balaban J connectivity index is 2.53. The standard InChI is InChI=1S/C6H12N2O2S/c1-7-3-5-8(6-4-7)11(2,9)10/h2H,3-6H2,1H3. The fraction of sp³-hybridized carbons (Fsp3) is 0.833. The fourth-order valence-corrected chi connectivity index (χ4v) is 1.71. The molecule has 11 heavy (non-hydrogen) atoms. The summed E-state index contributed by atoms with van der Waals surface area (Å²) in [6, 6.07) is 0. The lowest BCUT2D eigenvalue weighted by atomic mass is 10.4. The molecule has 0 aromatic heterocycles. The zero-order valence-corrected chi connectivity index (χ0v) is 7.34. The molecule has 1 aliphatic heterocycles. The minimum atomic E-state index is -3.44. The van der Waals surface area contributed by atoms with E-state index in [9.17, 15) is 8.42 Å². The Labute approximate surface area is 67.8 Å². The first-order valence-corrected chi connectivity index (χ1v) is 4.97. The summed E-state index contributed by atoms with van der Waals surface area (Å²) in [7, 11) is -1.48. The van der Waals surface area contributed by atoms with Gasteiger partial charge in [-0.25, -0.2) is 8.42 Å². The number of hydrogen-bond acceptors (Lipinski definition) is 3. The van der Waals surface area contributed by atoms with Crippen molar-refractivity contribution in [3.05, 3.63) is 6.26 Å². The third-order valence-corrected chi connectivity index (χ3v) is 2.91. The molecule has 0 bridgehead atoms. The molecule has 1 fully saturated rings. The van der Waals surface area contributed by atoms with E-state index >= 15 is 0 Å². The van der Waals surface area contributed by atoms with Gasteiger partial charge in [0.05, 0.1) is 0 Å². The van der Waals surface area contributed by atoms with E-state index in [-0.39, 0.29) is 0 Å². The van der Waals surface area contributed by atoms with Crippen molar-refractivity contribution in [1.82, 2.24) is 9.21 Å². The van der Waals surface area contributed by atoms with E-state index < -0.39 is 10.0 Å². The zero-order valence-electron chi connectivity index (χ0n) is 6.52. The molecule has 1 rings (SSSR count). The van der Waals surface area contributed by atoms with E-state index in [4.69, 9.17) is 6.26 Å². The molecular formula is C6H12N2O2S. The number of likely N-dealkylation sites (N-methyl/N-ethyl adjacent to an activating group) is 1. The molecule has 64 valence electrons. The lowest BCUT2D eigenvalue weighted by Gasteiger charge is -2.30. The van der Waals surface area contributed by atoms with Crippen molar-refractivity contribution in [3.63, 3.8) is 0 Å². The predicted octanol–water partition coefficient (Wildman–Crippen LogP) is -0.768. The molecule has 1 saturated heterocycles. The second-order valence-corrected chi connectivity index (χ2v) is 4.29. The summed E-state index contributed by atoms with van der Waals surface area (Å²) in [6.07, 6.45) is 4.94. The van der Waals surface area contributed by atoms with Crippen molar-refractivity contribution in [2.45, 2.75) is 0 Å². The van der Waals surface area contributed by atoms with Crippen LogP contribution in [0.2, 0.25) is 0 Å². The molecular weight excluding hydrogens is 164 g/mol. The van der Waals surface area contributed by atoms with Crippen LogP contribution in [0.15, 0.2) is 0 Å². The Morgan fingerprint density at radius 1 is 1.18 bits per heavy atom. The van der Waals surface area contributed by atoms with Crippen molar-refractivity contribution in [1.29, 1.82) is 0 Å². The molecule has 0 N–H and O–H groups in total. The Morgan fingerprint density at radius 3 is 2.00 bits per heavy atom. The van der Waals surface area contributed by atoms with Crippen LogP contribution in [0.3, 0.4) is 0 Å². The highest BCUT2D eigenvalue weighted by atomic mass is 32.2. The molecule has 0 atom stereocenters. The minimum Gasteiger partial charge on any atom is -0.304 e. The summed E-state index contributed by atoms with van der Waals surface area (Å²) in [6.45, 7) is 2.54. The second-order valence-electron chi connectivity index (χ2n) is 2.75. The highest BCUT2D eigenvalue weighted by Crippen LogP contribution is 2.04. The van der Waals surface area contributed by atoms with E-state index in [0.29, 0.717) is 13.1 Å². The number of piperazine rings is 1. The van der Waals surface area contributed by atoms with Crippen LogP contribution in [0.4, 0.5) is 0 Å². The SMILES string of the molecule is [CH]S(=O)(=O)N1CCN(C)CC1. The lowest BCUT2D eigenvalue weighted by molar-refractivity contribution is 0.223. The molecule has 4 nitrogen and oxygen atoms in total. The second kappa shape index (κ2) is 3.08. The fourth-order valence-electron chi connectivity index (χ4n) is 1.04. The van der Waals surface area contributed by atoms with Gasteiger partial charge in [0.2, 0.25) is 10.0 Å². The molecule has 2 radical (unpaired) electrons.